The van der Waals surface area contributed by atoms with E-state index in [1.165, 1.54) is 11.1 Å². The Kier molecular flexibility index (Phi) is 4.17. The zero-order valence-electron chi connectivity index (χ0n) is 11.9. The van der Waals surface area contributed by atoms with Gasteiger partial charge in [0.15, 0.2) is 0 Å². The fourth-order valence-electron chi connectivity index (χ4n) is 2.08. The normalized spacial score (nSPS) is 10.5. The van der Waals surface area contributed by atoms with Crippen molar-refractivity contribution in [3.05, 3.63) is 58.8 Å². The molecule has 2 rings (SSSR count). The summed E-state index contributed by atoms with van der Waals surface area (Å²) in [7, 11) is 2.06. The smallest absolute Gasteiger partial charge is 0.129 e. The van der Waals surface area contributed by atoms with Gasteiger partial charge in [-0.2, -0.15) is 0 Å². The van der Waals surface area contributed by atoms with Gasteiger partial charge in [-0.3, -0.25) is 0 Å². The lowest BCUT2D eigenvalue weighted by atomic mass is 10.1. The van der Waals surface area contributed by atoms with Crippen LogP contribution in [0.25, 0.3) is 0 Å². The maximum atomic E-state index is 5.71. The van der Waals surface area contributed by atoms with Crippen LogP contribution in [0.4, 0.5) is 5.82 Å². The van der Waals surface area contributed by atoms with Crippen LogP contribution in [0.5, 0.6) is 0 Å². The predicted molar refractivity (Wildman–Crippen MR) is 80.2 cm³/mol. The Hall–Kier alpha value is -1.87. The molecule has 3 nitrogen and oxygen atoms in total. The van der Waals surface area contributed by atoms with Gasteiger partial charge in [0.2, 0.25) is 0 Å². The number of nitrogens with two attached hydrogens (primary N) is 1. The summed E-state index contributed by atoms with van der Waals surface area (Å²) in [6.45, 7) is 5.50. The van der Waals surface area contributed by atoms with Gasteiger partial charge in [-0.25, -0.2) is 4.98 Å². The highest BCUT2D eigenvalue weighted by Gasteiger charge is 2.06. The van der Waals surface area contributed by atoms with Crippen LogP contribution >= 0.6 is 0 Å². The molecule has 0 radical (unpaired) electrons. The summed E-state index contributed by atoms with van der Waals surface area (Å²) in [5.74, 6) is 0.973. The zero-order chi connectivity index (χ0) is 13.8. The summed E-state index contributed by atoms with van der Waals surface area (Å²) in [5.41, 5.74) is 10.4. The fourth-order valence-corrected chi connectivity index (χ4v) is 2.08. The molecule has 0 saturated heterocycles. The monoisotopic (exact) mass is 255 g/mol. The standard InChI is InChI=1S/C16H21N3/c1-12-4-6-14(7-5-12)11-19(3)16-9-15(10-17)8-13(2)18-16/h4-9H,10-11,17H2,1-3H3. The van der Waals surface area contributed by atoms with Gasteiger partial charge in [-0.05, 0) is 37.1 Å². The van der Waals surface area contributed by atoms with Crippen molar-refractivity contribution in [3.8, 4) is 0 Å². The molecule has 0 aliphatic heterocycles. The van der Waals surface area contributed by atoms with Crippen molar-refractivity contribution in [1.29, 1.82) is 0 Å². The molecule has 3 heteroatoms. The Morgan fingerprint density at radius 1 is 1.05 bits per heavy atom. The summed E-state index contributed by atoms with van der Waals surface area (Å²) in [6.07, 6.45) is 0. The van der Waals surface area contributed by atoms with E-state index < -0.39 is 0 Å². The first-order valence-corrected chi connectivity index (χ1v) is 6.53. The number of aromatic nitrogens is 1. The Bertz CT molecular complexity index is 546. The molecule has 0 fully saturated rings. The Morgan fingerprint density at radius 2 is 1.74 bits per heavy atom. The molecule has 0 aliphatic rings. The van der Waals surface area contributed by atoms with Crippen molar-refractivity contribution in [2.45, 2.75) is 26.9 Å². The highest BCUT2D eigenvalue weighted by Crippen LogP contribution is 2.16. The molecule has 100 valence electrons. The maximum absolute atomic E-state index is 5.71. The van der Waals surface area contributed by atoms with Crippen LogP contribution in [0.1, 0.15) is 22.4 Å². The second kappa shape index (κ2) is 5.85. The van der Waals surface area contributed by atoms with Gasteiger partial charge in [-0.1, -0.05) is 29.8 Å². The molecule has 0 aliphatic carbocycles. The van der Waals surface area contributed by atoms with E-state index in [1.807, 2.05) is 13.0 Å². The van der Waals surface area contributed by atoms with Crippen LogP contribution in [0.3, 0.4) is 0 Å². The average Bonchev–Trinajstić information content (AvgIpc) is 2.40. The van der Waals surface area contributed by atoms with E-state index in [-0.39, 0.29) is 0 Å². The van der Waals surface area contributed by atoms with Crippen LogP contribution in [0.15, 0.2) is 36.4 Å². The van der Waals surface area contributed by atoms with E-state index in [0.29, 0.717) is 6.54 Å². The predicted octanol–water partition coefficient (Wildman–Crippen LogP) is 2.79. The van der Waals surface area contributed by atoms with Crippen LogP contribution in [0, 0.1) is 13.8 Å². The van der Waals surface area contributed by atoms with Gasteiger partial charge in [0.05, 0.1) is 0 Å². The van der Waals surface area contributed by atoms with Crippen LogP contribution in [0.2, 0.25) is 0 Å². The molecule has 2 aromatic rings. The van der Waals surface area contributed by atoms with Crippen molar-refractivity contribution in [2.75, 3.05) is 11.9 Å². The number of anilines is 1. The summed E-state index contributed by atoms with van der Waals surface area (Å²) in [4.78, 5) is 6.72. The summed E-state index contributed by atoms with van der Waals surface area (Å²) >= 11 is 0. The summed E-state index contributed by atoms with van der Waals surface area (Å²) < 4.78 is 0. The molecule has 1 aromatic heterocycles. The van der Waals surface area contributed by atoms with Gasteiger partial charge in [0.25, 0.3) is 0 Å². The third kappa shape index (κ3) is 3.55. The molecule has 2 N–H and O–H groups in total. The van der Waals surface area contributed by atoms with Crippen molar-refractivity contribution < 1.29 is 0 Å². The first-order valence-electron chi connectivity index (χ1n) is 6.53. The Morgan fingerprint density at radius 3 is 2.37 bits per heavy atom. The molecule has 0 amide bonds. The molecule has 0 atom stereocenters. The highest BCUT2D eigenvalue weighted by molar-refractivity contribution is 5.42. The van der Waals surface area contributed by atoms with Gasteiger partial charge in [-0.15, -0.1) is 0 Å². The topological polar surface area (TPSA) is 42.1 Å². The second-order valence-electron chi connectivity index (χ2n) is 5.02. The Labute approximate surface area is 115 Å². The lowest BCUT2D eigenvalue weighted by Gasteiger charge is -2.19. The SMILES string of the molecule is Cc1ccc(CN(C)c2cc(CN)cc(C)n2)cc1. The van der Waals surface area contributed by atoms with Crippen LogP contribution in [-0.4, -0.2) is 12.0 Å². The number of benzene rings is 1. The van der Waals surface area contributed by atoms with Gasteiger partial charge >= 0.3 is 0 Å². The summed E-state index contributed by atoms with van der Waals surface area (Å²) in [6, 6.07) is 12.7. The number of pyridine rings is 1. The van der Waals surface area contributed by atoms with E-state index in [2.05, 4.69) is 54.2 Å². The van der Waals surface area contributed by atoms with Crippen molar-refractivity contribution in [1.82, 2.24) is 4.98 Å². The minimum absolute atomic E-state index is 0.550. The zero-order valence-corrected chi connectivity index (χ0v) is 11.9. The van der Waals surface area contributed by atoms with Crippen molar-refractivity contribution >= 4 is 5.82 Å². The van der Waals surface area contributed by atoms with E-state index in [9.17, 15) is 0 Å². The Balaban J connectivity index is 2.17. The number of hydrogen-bond donors (Lipinski definition) is 1. The third-order valence-electron chi connectivity index (χ3n) is 3.17. The number of hydrogen-bond acceptors (Lipinski definition) is 3. The van der Waals surface area contributed by atoms with Crippen molar-refractivity contribution in [3.63, 3.8) is 0 Å². The number of rotatable bonds is 4. The average molecular weight is 255 g/mol. The molecule has 0 spiro atoms. The molecule has 19 heavy (non-hydrogen) atoms. The lowest BCUT2D eigenvalue weighted by molar-refractivity contribution is 0.885. The molecular formula is C16H21N3. The molecule has 1 heterocycles. The quantitative estimate of drug-likeness (QED) is 0.913. The van der Waals surface area contributed by atoms with E-state index in [0.717, 1.165) is 23.6 Å². The molecule has 0 bridgehead atoms. The summed E-state index contributed by atoms with van der Waals surface area (Å²) in [5, 5.41) is 0. The van der Waals surface area contributed by atoms with Crippen LogP contribution in [-0.2, 0) is 13.1 Å². The fraction of sp³-hybridized carbons (Fsp3) is 0.312. The lowest BCUT2D eigenvalue weighted by Crippen LogP contribution is -2.18. The molecule has 1 aromatic carbocycles. The first kappa shape index (κ1) is 13.6. The van der Waals surface area contributed by atoms with Gasteiger partial charge in [0, 0.05) is 25.8 Å². The van der Waals surface area contributed by atoms with Crippen molar-refractivity contribution in [2.24, 2.45) is 5.73 Å². The largest absolute Gasteiger partial charge is 0.355 e. The second-order valence-corrected chi connectivity index (χ2v) is 5.02. The first-order chi connectivity index (χ1) is 9.08. The third-order valence-corrected chi connectivity index (χ3v) is 3.17. The van der Waals surface area contributed by atoms with Gasteiger partial charge < -0.3 is 10.6 Å². The molecular weight excluding hydrogens is 234 g/mol. The molecule has 0 unspecified atom stereocenters. The highest BCUT2D eigenvalue weighted by atomic mass is 15.2. The van der Waals surface area contributed by atoms with Gasteiger partial charge in [0.1, 0.15) is 5.82 Å². The minimum Gasteiger partial charge on any atom is -0.355 e. The van der Waals surface area contributed by atoms with E-state index in [1.54, 1.807) is 0 Å². The molecule has 0 saturated carbocycles. The maximum Gasteiger partial charge on any atom is 0.129 e. The number of aryl methyl sites for hydroxylation is 2. The number of nitrogens with zero attached hydrogens (tertiary/aromatic N) is 2. The van der Waals surface area contributed by atoms with E-state index >= 15 is 0 Å². The minimum atomic E-state index is 0.550. The van der Waals surface area contributed by atoms with E-state index in [4.69, 9.17) is 5.73 Å². The van der Waals surface area contributed by atoms with Crippen LogP contribution < -0.4 is 10.6 Å².